The SMILES string of the molecule is COc1cc(/C=C/C(=O)N2CC[NH+](Cc3cccc(C)c3)CC2)cc(OC)c1. The number of amides is 1. The molecule has 1 N–H and O–H groups in total. The molecule has 28 heavy (non-hydrogen) atoms. The normalized spacial score (nSPS) is 15.0. The first-order valence-electron chi connectivity index (χ1n) is 9.66. The van der Waals surface area contributed by atoms with Gasteiger partial charge >= 0.3 is 0 Å². The first kappa shape index (κ1) is 20.0. The van der Waals surface area contributed by atoms with Crippen molar-refractivity contribution in [2.75, 3.05) is 40.4 Å². The third kappa shape index (κ3) is 5.36. The van der Waals surface area contributed by atoms with Crippen molar-refractivity contribution in [2.45, 2.75) is 13.5 Å². The number of piperazine rings is 1. The highest BCUT2D eigenvalue weighted by molar-refractivity contribution is 5.92. The molecule has 2 aromatic carbocycles. The van der Waals surface area contributed by atoms with E-state index in [0.29, 0.717) is 11.5 Å². The molecule has 1 saturated heterocycles. The van der Waals surface area contributed by atoms with Crippen LogP contribution in [0.1, 0.15) is 16.7 Å². The first-order valence-corrected chi connectivity index (χ1v) is 9.66. The van der Waals surface area contributed by atoms with Crippen molar-refractivity contribution in [1.29, 1.82) is 0 Å². The standard InChI is InChI=1S/C23H28N2O3/c1-18-5-4-6-20(13-18)17-24-9-11-25(12-10-24)23(26)8-7-19-14-21(27-2)16-22(15-19)28-3/h4-8,13-16H,9-12,17H2,1-3H3/p+1/b8-7+. The van der Waals surface area contributed by atoms with E-state index in [1.54, 1.807) is 20.3 Å². The second kappa shape index (κ2) is 9.42. The first-order chi connectivity index (χ1) is 13.6. The maximum absolute atomic E-state index is 12.6. The fraction of sp³-hybridized carbons (Fsp3) is 0.348. The van der Waals surface area contributed by atoms with Gasteiger partial charge in [-0.15, -0.1) is 0 Å². The van der Waals surface area contributed by atoms with Gasteiger partial charge in [-0.1, -0.05) is 29.8 Å². The monoisotopic (exact) mass is 381 g/mol. The van der Waals surface area contributed by atoms with Crippen LogP contribution in [0.2, 0.25) is 0 Å². The molecule has 5 nitrogen and oxygen atoms in total. The molecule has 0 radical (unpaired) electrons. The Bertz CT molecular complexity index is 817. The van der Waals surface area contributed by atoms with Gasteiger partial charge < -0.3 is 19.3 Å². The van der Waals surface area contributed by atoms with E-state index in [1.807, 2.05) is 29.2 Å². The molecule has 0 bridgehead atoms. The number of carbonyl (C=O) groups is 1. The Hall–Kier alpha value is -2.79. The van der Waals surface area contributed by atoms with Crippen LogP contribution < -0.4 is 14.4 Å². The highest BCUT2D eigenvalue weighted by Crippen LogP contribution is 2.23. The molecule has 1 aliphatic heterocycles. The van der Waals surface area contributed by atoms with Gasteiger partial charge in [-0.3, -0.25) is 4.79 Å². The van der Waals surface area contributed by atoms with Crippen molar-refractivity contribution in [3.63, 3.8) is 0 Å². The van der Waals surface area contributed by atoms with Crippen molar-refractivity contribution < 1.29 is 19.2 Å². The van der Waals surface area contributed by atoms with Gasteiger partial charge in [0.2, 0.25) is 5.91 Å². The van der Waals surface area contributed by atoms with Crippen LogP contribution in [0.4, 0.5) is 0 Å². The number of benzene rings is 2. The molecule has 148 valence electrons. The predicted molar refractivity (Wildman–Crippen MR) is 111 cm³/mol. The van der Waals surface area contributed by atoms with Gasteiger partial charge in [-0.05, 0) is 30.7 Å². The number of nitrogens with zero attached hydrogens (tertiary/aromatic N) is 1. The zero-order valence-corrected chi connectivity index (χ0v) is 16.9. The Labute approximate surface area is 167 Å². The zero-order valence-electron chi connectivity index (χ0n) is 16.9. The maximum atomic E-state index is 12.6. The number of hydrogen-bond donors (Lipinski definition) is 1. The molecular formula is C23H29N2O3+. The Kier molecular flexibility index (Phi) is 6.71. The van der Waals surface area contributed by atoms with Gasteiger partial charge in [0.05, 0.1) is 40.4 Å². The molecule has 5 heteroatoms. The van der Waals surface area contributed by atoms with Gasteiger partial charge in [0, 0.05) is 17.7 Å². The van der Waals surface area contributed by atoms with E-state index >= 15 is 0 Å². The number of carbonyl (C=O) groups excluding carboxylic acids is 1. The summed E-state index contributed by atoms with van der Waals surface area (Å²) in [5.41, 5.74) is 3.54. The number of hydrogen-bond acceptors (Lipinski definition) is 3. The lowest BCUT2D eigenvalue weighted by atomic mass is 10.1. The highest BCUT2D eigenvalue weighted by atomic mass is 16.5. The number of quaternary nitrogens is 1. The van der Waals surface area contributed by atoms with Crippen LogP contribution >= 0.6 is 0 Å². The van der Waals surface area contributed by atoms with E-state index in [4.69, 9.17) is 9.47 Å². The summed E-state index contributed by atoms with van der Waals surface area (Å²) in [5.74, 6) is 1.47. The topological polar surface area (TPSA) is 43.2 Å². The maximum Gasteiger partial charge on any atom is 0.246 e. The van der Waals surface area contributed by atoms with E-state index < -0.39 is 0 Å². The number of rotatable bonds is 6. The van der Waals surface area contributed by atoms with E-state index in [0.717, 1.165) is 38.3 Å². The fourth-order valence-corrected chi connectivity index (χ4v) is 3.53. The molecule has 3 rings (SSSR count). The van der Waals surface area contributed by atoms with E-state index in [2.05, 4.69) is 31.2 Å². The molecule has 1 heterocycles. The van der Waals surface area contributed by atoms with Crippen LogP contribution in [0.5, 0.6) is 11.5 Å². The second-order valence-corrected chi connectivity index (χ2v) is 7.22. The van der Waals surface area contributed by atoms with Crippen molar-refractivity contribution >= 4 is 12.0 Å². The number of methoxy groups -OCH3 is 2. The summed E-state index contributed by atoms with van der Waals surface area (Å²) in [5, 5.41) is 0. The average molecular weight is 381 g/mol. The molecule has 0 unspecified atom stereocenters. The molecular weight excluding hydrogens is 352 g/mol. The average Bonchev–Trinajstić information content (AvgIpc) is 2.72. The summed E-state index contributed by atoms with van der Waals surface area (Å²) in [4.78, 5) is 16.0. The molecule has 1 aliphatic rings. The Morgan fingerprint density at radius 1 is 1.07 bits per heavy atom. The van der Waals surface area contributed by atoms with Crippen LogP contribution in [-0.2, 0) is 11.3 Å². The van der Waals surface area contributed by atoms with E-state index in [1.165, 1.54) is 16.0 Å². The van der Waals surface area contributed by atoms with Crippen LogP contribution in [0.25, 0.3) is 6.08 Å². The van der Waals surface area contributed by atoms with Gasteiger partial charge in [0.15, 0.2) is 0 Å². The van der Waals surface area contributed by atoms with Gasteiger partial charge in [-0.25, -0.2) is 0 Å². The lowest BCUT2D eigenvalue weighted by molar-refractivity contribution is -0.917. The minimum Gasteiger partial charge on any atom is -0.497 e. The largest absolute Gasteiger partial charge is 0.497 e. The van der Waals surface area contributed by atoms with Crippen LogP contribution in [0, 0.1) is 6.92 Å². The molecule has 0 spiro atoms. The smallest absolute Gasteiger partial charge is 0.246 e. The molecule has 0 aliphatic carbocycles. The summed E-state index contributed by atoms with van der Waals surface area (Å²) in [7, 11) is 3.23. The Balaban J connectivity index is 1.54. The third-order valence-electron chi connectivity index (χ3n) is 5.11. The lowest BCUT2D eigenvalue weighted by Crippen LogP contribution is -3.13. The molecule has 1 amide bonds. The van der Waals surface area contributed by atoms with Crippen molar-refractivity contribution in [3.8, 4) is 11.5 Å². The summed E-state index contributed by atoms with van der Waals surface area (Å²) in [6, 6.07) is 14.3. The molecule has 0 saturated carbocycles. The second-order valence-electron chi connectivity index (χ2n) is 7.22. The van der Waals surface area contributed by atoms with E-state index in [-0.39, 0.29) is 5.91 Å². The fourth-order valence-electron chi connectivity index (χ4n) is 3.53. The van der Waals surface area contributed by atoms with Crippen LogP contribution in [0.15, 0.2) is 48.5 Å². The van der Waals surface area contributed by atoms with E-state index in [9.17, 15) is 4.79 Å². The minimum absolute atomic E-state index is 0.0522. The number of aryl methyl sites for hydroxylation is 1. The number of nitrogens with one attached hydrogen (secondary N) is 1. The highest BCUT2D eigenvalue weighted by Gasteiger charge is 2.22. The molecule has 0 aromatic heterocycles. The predicted octanol–water partition coefficient (Wildman–Crippen LogP) is 1.95. The van der Waals surface area contributed by atoms with Gasteiger partial charge in [-0.2, -0.15) is 0 Å². The van der Waals surface area contributed by atoms with Crippen molar-refractivity contribution in [2.24, 2.45) is 0 Å². The third-order valence-corrected chi connectivity index (χ3v) is 5.11. The van der Waals surface area contributed by atoms with Crippen LogP contribution in [0.3, 0.4) is 0 Å². The Morgan fingerprint density at radius 2 is 1.75 bits per heavy atom. The molecule has 0 atom stereocenters. The summed E-state index contributed by atoms with van der Waals surface area (Å²) >= 11 is 0. The van der Waals surface area contributed by atoms with Crippen molar-refractivity contribution in [3.05, 3.63) is 65.2 Å². The number of ether oxygens (including phenoxy) is 2. The van der Waals surface area contributed by atoms with Crippen LogP contribution in [-0.4, -0.2) is 51.2 Å². The zero-order chi connectivity index (χ0) is 19.9. The minimum atomic E-state index is 0.0522. The van der Waals surface area contributed by atoms with Crippen molar-refractivity contribution in [1.82, 2.24) is 4.90 Å². The van der Waals surface area contributed by atoms with Gasteiger partial charge in [0.1, 0.15) is 18.0 Å². The Morgan fingerprint density at radius 3 is 2.36 bits per heavy atom. The summed E-state index contributed by atoms with van der Waals surface area (Å²) in [6.45, 7) is 6.65. The summed E-state index contributed by atoms with van der Waals surface area (Å²) in [6.07, 6.45) is 3.46. The van der Waals surface area contributed by atoms with Gasteiger partial charge in [0.25, 0.3) is 0 Å². The quantitative estimate of drug-likeness (QED) is 0.778. The summed E-state index contributed by atoms with van der Waals surface area (Å²) < 4.78 is 10.6. The lowest BCUT2D eigenvalue weighted by Gasteiger charge is -2.31. The molecule has 2 aromatic rings. The molecule has 1 fully saturated rings.